The lowest BCUT2D eigenvalue weighted by atomic mass is 9.83. The predicted molar refractivity (Wildman–Crippen MR) is 88.0 cm³/mol. The van der Waals surface area contributed by atoms with Crippen LogP contribution in [0.1, 0.15) is 0 Å². The highest BCUT2D eigenvalue weighted by molar-refractivity contribution is 6.50. The number of hydrogen-bond acceptors (Lipinski definition) is 1. The first-order valence-corrected chi connectivity index (χ1v) is 6.81. The summed E-state index contributed by atoms with van der Waals surface area (Å²) in [6, 6.07) is 23.3. The Morgan fingerprint density at radius 1 is 0.600 bits per heavy atom. The second kappa shape index (κ2) is 4.36. The van der Waals surface area contributed by atoms with Crippen LogP contribution in [-0.2, 0) is 0 Å². The van der Waals surface area contributed by atoms with Gasteiger partial charge in [-0.3, -0.25) is 0 Å². The molecule has 0 aromatic heterocycles. The van der Waals surface area contributed by atoms with Gasteiger partial charge in [0.1, 0.15) is 0 Å². The normalized spacial score (nSPS) is 11.2. The van der Waals surface area contributed by atoms with E-state index in [9.17, 15) is 5.02 Å². The maximum absolute atomic E-state index is 9.48. The molecule has 0 radical (unpaired) electrons. The van der Waals surface area contributed by atoms with E-state index in [0.717, 1.165) is 10.8 Å². The average molecular weight is 256 g/mol. The lowest BCUT2D eigenvalue weighted by Crippen LogP contribution is -2.13. The van der Waals surface area contributed by atoms with Crippen LogP contribution in [0, 0.1) is 0 Å². The zero-order valence-corrected chi connectivity index (χ0v) is 11.0. The summed E-state index contributed by atoms with van der Waals surface area (Å²) in [6.45, 7) is 0. The highest BCUT2D eigenvalue weighted by Gasteiger charge is 2.06. The van der Waals surface area contributed by atoms with Crippen molar-refractivity contribution >= 4 is 45.3 Å². The SMILES string of the molecule is OBc1cccc2c1ccc1cc3ccccc3cc12. The first-order chi connectivity index (χ1) is 9.86. The molecule has 0 spiro atoms. The maximum atomic E-state index is 9.48. The topological polar surface area (TPSA) is 20.2 Å². The Morgan fingerprint density at radius 3 is 2.20 bits per heavy atom. The van der Waals surface area contributed by atoms with Crippen molar-refractivity contribution in [1.29, 1.82) is 0 Å². The van der Waals surface area contributed by atoms with Gasteiger partial charge in [0.05, 0.1) is 0 Å². The molecule has 1 N–H and O–H groups in total. The van der Waals surface area contributed by atoms with E-state index >= 15 is 0 Å². The second-order valence-electron chi connectivity index (χ2n) is 5.16. The zero-order chi connectivity index (χ0) is 13.5. The van der Waals surface area contributed by atoms with Crippen molar-refractivity contribution < 1.29 is 5.02 Å². The molecular weight excluding hydrogens is 243 g/mol. The summed E-state index contributed by atoms with van der Waals surface area (Å²) in [7, 11) is 0.0798. The fourth-order valence-corrected chi connectivity index (χ4v) is 2.98. The standard InChI is InChI=1S/C18H13BO/c20-19-18-7-3-6-15-16(18)9-8-14-10-12-4-1-2-5-13(12)11-17(14)15/h1-11,19-20H. The third kappa shape index (κ3) is 1.62. The van der Waals surface area contributed by atoms with Gasteiger partial charge in [0.2, 0.25) is 0 Å². The van der Waals surface area contributed by atoms with Crippen molar-refractivity contribution in [2.45, 2.75) is 0 Å². The molecule has 0 unspecified atom stereocenters. The molecule has 0 aliphatic rings. The molecule has 4 aromatic carbocycles. The molecule has 0 atom stereocenters. The second-order valence-corrected chi connectivity index (χ2v) is 5.16. The molecule has 2 heteroatoms. The molecule has 0 amide bonds. The van der Waals surface area contributed by atoms with Crippen LogP contribution in [0.3, 0.4) is 0 Å². The van der Waals surface area contributed by atoms with Crippen LogP contribution in [0.15, 0.2) is 66.7 Å². The van der Waals surface area contributed by atoms with Gasteiger partial charge in [-0.1, -0.05) is 54.6 Å². The highest BCUT2D eigenvalue weighted by atomic mass is 16.2. The first kappa shape index (κ1) is 11.5. The number of fused-ring (bicyclic) bond motifs is 4. The van der Waals surface area contributed by atoms with Crippen molar-refractivity contribution in [1.82, 2.24) is 0 Å². The van der Waals surface area contributed by atoms with Gasteiger partial charge in [-0.05, 0) is 49.9 Å². The quantitative estimate of drug-likeness (QED) is 0.315. The molecule has 0 fully saturated rings. The molecule has 0 heterocycles. The van der Waals surface area contributed by atoms with Gasteiger partial charge < -0.3 is 5.02 Å². The molecule has 0 aliphatic carbocycles. The molecule has 0 aliphatic heterocycles. The molecule has 0 saturated carbocycles. The van der Waals surface area contributed by atoms with E-state index < -0.39 is 0 Å². The van der Waals surface area contributed by atoms with E-state index in [4.69, 9.17) is 0 Å². The van der Waals surface area contributed by atoms with E-state index in [0.29, 0.717) is 0 Å². The summed E-state index contributed by atoms with van der Waals surface area (Å²) in [5.41, 5.74) is 0.984. The third-order valence-electron chi connectivity index (χ3n) is 4.00. The van der Waals surface area contributed by atoms with Crippen LogP contribution in [0.5, 0.6) is 0 Å². The zero-order valence-electron chi connectivity index (χ0n) is 11.0. The van der Waals surface area contributed by atoms with Crippen LogP contribution >= 0.6 is 0 Å². The van der Waals surface area contributed by atoms with Crippen LogP contribution in [-0.4, -0.2) is 12.5 Å². The van der Waals surface area contributed by atoms with Gasteiger partial charge in [0.15, 0.2) is 0 Å². The van der Waals surface area contributed by atoms with Crippen molar-refractivity contribution in [2.24, 2.45) is 0 Å². The predicted octanol–water partition coefficient (Wildman–Crippen LogP) is 3.12. The Balaban J connectivity index is 2.21. The molecule has 1 nitrogen and oxygen atoms in total. The van der Waals surface area contributed by atoms with E-state index in [-0.39, 0.29) is 7.48 Å². The molecule has 0 saturated heterocycles. The average Bonchev–Trinajstić information content (AvgIpc) is 2.52. The highest BCUT2D eigenvalue weighted by Crippen LogP contribution is 2.28. The lowest BCUT2D eigenvalue weighted by Gasteiger charge is -2.08. The van der Waals surface area contributed by atoms with Crippen LogP contribution in [0.25, 0.3) is 32.3 Å². The van der Waals surface area contributed by atoms with E-state index in [1.165, 1.54) is 26.9 Å². The van der Waals surface area contributed by atoms with E-state index in [1.54, 1.807) is 0 Å². The van der Waals surface area contributed by atoms with Gasteiger partial charge in [-0.15, -0.1) is 0 Å². The van der Waals surface area contributed by atoms with Gasteiger partial charge in [0, 0.05) is 0 Å². The molecule has 94 valence electrons. The minimum atomic E-state index is 0.0798. The van der Waals surface area contributed by atoms with Crippen molar-refractivity contribution in [3.63, 3.8) is 0 Å². The summed E-state index contributed by atoms with van der Waals surface area (Å²) >= 11 is 0. The van der Waals surface area contributed by atoms with Gasteiger partial charge in [-0.25, -0.2) is 0 Å². The molecule has 4 rings (SSSR count). The largest absolute Gasteiger partial charge is 0.449 e. The Hall–Kier alpha value is -2.32. The van der Waals surface area contributed by atoms with Crippen molar-refractivity contribution in [3.8, 4) is 0 Å². The summed E-state index contributed by atoms with van der Waals surface area (Å²) in [4.78, 5) is 0. The smallest absolute Gasteiger partial charge is 0.305 e. The van der Waals surface area contributed by atoms with Gasteiger partial charge in [-0.2, -0.15) is 0 Å². The lowest BCUT2D eigenvalue weighted by molar-refractivity contribution is 0.616. The first-order valence-electron chi connectivity index (χ1n) is 6.81. The third-order valence-corrected chi connectivity index (χ3v) is 4.00. The van der Waals surface area contributed by atoms with E-state index in [2.05, 4.69) is 54.6 Å². The summed E-state index contributed by atoms with van der Waals surface area (Å²) < 4.78 is 0. The number of benzene rings is 4. The molecule has 4 aromatic rings. The van der Waals surface area contributed by atoms with Crippen molar-refractivity contribution in [3.05, 3.63) is 66.7 Å². The summed E-state index contributed by atoms with van der Waals surface area (Å²) in [6.07, 6.45) is 0. The van der Waals surface area contributed by atoms with Crippen LogP contribution in [0.2, 0.25) is 0 Å². The Labute approximate surface area is 117 Å². The fraction of sp³-hybridized carbons (Fsp3) is 0. The fourth-order valence-electron chi connectivity index (χ4n) is 2.98. The molecular formula is C18H13BO. The monoisotopic (exact) mass is 256 g/mol. The van der Waals surface area contributed by atoms with Gasteiger partial charge >= 0.3 is 7.48 Å². The van der Waals surface area contributed by atoms with Crippen molar-refractivity contribution in [2.75, 3.05) is 0 Å². The Bertz CT molecular complexity index is 944. The minimum Gasteiger partial charge on any atom is -0.449 e. The number of hydrogen-bond donors (Lipinski definition) is 1. The summed E-state index contributed by atoms with van der Waals surface area (Å²) in [5, 5.41) is 16.8. The van der Waals surface area contributed by atoms with Gasteiger partial charge in [0.25, 0.3) is 0 Å². The Morgan fingerprint density at radius 2 is 1.40 bits per heavy atom. The molecule has 0 bridgehead atoms. The Kier molecular flexibility index (Phi) is 2.51. The number of rotatable bonds is 1. The van der Waals surface area contributed by atoms with E-state index in [1.807, 2.05) is 12.1 Å². The summed E-state index contributed by atoms with van der Waals surface area (Å²) in [5.74, 6) is 0. The van der Waals surface area contributed by atoms with Crippen LogP contribution in [0.4, 0.5) is 0 Å². The maximum Gasteiger partial charge on any atom is 0.305 e. The minimum absolute atomic E-state index is 0.0798. The molecule has 20 heavy (non-hydrogen) atoms. The van der Waals surface area contributed by atoms with Crippen LogP contribution < -0.4 is 5.46 Å².